The lowest BCUT2D eigenvalue weighted by atomic mass is 10.2. The highest BCUT2D eigenvalue weighted by Gasteiger charge is 2.21. The van der Waals surface area contributed by atoms with Gasteiger partial charge < -0.3 is 15.2 Å². The second-order valence-corrected chi connectivity index (χ2v) is 6.60. The maximum Gasteiger partial charge on any atom is 0.263 e. The zero-order chi connectivity index (χ0) is 16.2. The topological polar surface area (TPSA) is 58.6 Å². The van der Waals surface area contributed by atoms with Gasteiger partial charge in [0.1, 0.15) is 22.4 Å². The minimum Gasteiger partial charge on any atom is -0.508 e. The van der Waals surface area contributed by atoms with Gasteiger partial charge in [-0.05, 0) is 41.5 Å². The van der Waals surface area contributed by atoms with Crippen LogP contribution in [0.2, 0.25) is 0 Å². The molecule has 1 fully saturated rings. The summed E-state index contributed by atoms with van der Waals surface area (Å²) in [5.41, 5.74) is 1.79. The average Bonchev–Trinajstić information content (AvgIpc) is 2.84. The highest BCUT2D eigenvalue weighted by atomic mass is 32.2. The van der Waals surface area contributed by atoms with Crippen molar-refractivity contribution in [3.05, 3.63) is 64.6 Å². The Hall–Kier alpha value is -2.31. The fourth-order valence-corrected chi connectivity index (χ4v) is 3.09. The fraction of sp³-hybridized carbons (Fsp3) is 0.0588. The Morgan fingerprint density at radius 1 is 1.22 bits per heavy atom. The van der Waals surface area contributed by atoms with E-state index in [1.54, 1.807) is 24.3 Å². The van der Waals surface area contributed by atoms with E-state index in [0.717, 1.165) is 16.9 Å². The Bertz CT molecular complexity index is 785. The highest BCUT2D eigenvalue weighted by Crippen LogP contribution is 2.26. The summed E-state index contributed by atoms with van der Waals surface area (Å²) in [6, 6.07) is 14.4. The van der Waals surface area contributed by atoms with Crippen LogP contribution >= 0.6 is 24.0 Å². The van der Waals surface area contributed by atoms with Gasteiger partial charge in [-0.1, -0.05) is 48.2 Å². The predicted molar refractivity (Wildman–Crippen MR) is 95.2 cm³/mol. The van der Waals surface area contributed by atoms with Gasteiger partial charge in [-0.15, -0.1) is 0 Å². The molecule has 0 unspecified atom stereocenters. The van der Waals surface area contributed by atoms with Crippen molar-refractivity contribution in [2.24, 2.45) is 0 Å². The van der Waals surface area contributed by atoms with E-state index >= 15 is 0 Å². The number of nitrogens with one attached hydrogen (secondary N) is 1. The molecule has 1 heterocycles. The van der Waals surface area contributed by atoms with Crippen molar-refractivity contribution in [3.63, 3.8) is 0 Å². The molecule has 116 valence electrons. The van der Waals surface area contributed by atoms with Crippen molar-refractivity contribution in [3.8, 4) is 11.5 Å². The molecule has 0 atom stereocenters. The number of ether oxygens (including phenoxy) is 1. The van der Waals surface area contributed by atoms with Crippen LogP contribution in [-0.2, 0) is 11.4 Å². The third-order valence-corrected chi connectivity index (χ3v) is 4.30. The maximum atomic E-state index is 11.6. The number of hydrogen-bond acceptors (Lipinski definition) is 5. The van der Waals surface area contributed by atoms with Gasteiger partial charge in [-0.3, -0.25) is 4.79 Å². The Labute approximate surface area is 143 Å². The maximum absolute atomic E-state index is 11.6. The van der Waals surface area contributed by atoms with E-state index in [9.17, 15) is 9.90 Å². The number of phenols is 1. The van der Waals surface area contributed by atoms with E-state index < -0.39 is 0 Å². The summed E-state index contributed by atoms with van der Waals surface area (Å²) in [4.78, 5) is 12.2. The van der Waals surface area contributed by atoms with E-state index in [-0.39, 0.29) is 11.7 Å². The van der Waals surface area contributed by atoms with Crippen LogP contribution in [0.4, 0.5) is 0 Å². The van der Waals surface area contributed by atoms with Crippen LogP contribution in [0.3, 0.4) is 0 Å². The molecule has 0 aromatic heterocycles. The summed E-state index contributed by atoms with van der Waals surface area (Å²) in [6.07, 6.45) is 1.79. The number of carbonyl (C=O) groups is 1. The minimum absolute atomic E-state index is 0.163. The fourth-order valence-electron chi connectivity index (χ4n) is 2.05. The first-order chi connectivity index (χ1) is 11.1. The predicted octanol–water partition coefficient (Wildman–Crippen LogP) is 3.46. The first-order valence-electron chi connectivity index (χ1n) is 6.86. The molecule has 1 aliphatic rings. The molecular weight excluding hydrogens is 330 g/mol. The molecule has 3 rings (SSSR count). The lowest BCUT2D eigenvalue weighted by Crippen LogP contribution is -2.17. The standard InChI is InChI=1S/C17H13NO3S2/c19-13-3-1-2-12(8-13)10-21-14-6-4-11(5-7-14)9-15-16(20)18-17(22)23-15/h1-9,19H,10H2,(H,18,20,22). The third kappa shape index (κ3) is 4.12. The lowest BCUT2D eigenvalue weighted by molar-refractivity contribution is -0.115. The molecule has 2 aromatic carbocycles. The number of phenolic OH excluding ortho intramolecular Hbond substituents is 1. The molecule has 1 aliphatic heterocycles. The van der Waals surface area contributed by atoms with Crippen molar-refractivity contribution in [1.82, 2.24) is 5.32 Å². The van der Waals surface area contributed by atoms with Crippen LogP contribution in [0.5, 0.6) is 11.5 Å². The normalized spacial score (nSPS) is 15.7. The summed E-state index contributed by atoms with van der Waals surface area (Å²) in [6.45, 7) is 0.376. The second-order valence-electron chi connectivity index (χ2n) is 4.88. The first-order valence-corrected chi connectivity index (χ1v) is 8.08. The number of thiocarbonyl (C=S) groups is 1. The van der Waals surface area contributed by atoms with Gasteiger partial charge in [0.2, 0.25) is 0 Å². The van der Waals surface area contributed by atoms with Gasteiger partial charge in [0.15, 0.2) is 0 Å². The van der Waals surface area contributed by atoms with Crippen molar-refractivity contribution >= 4 is 40.3 Å². The van der Waals surface area contributed by atoms with Gasteiger partial charge in [0, 0.05) is 0 Å². The molecule has 2 aromatic rings. The van der Waals surface area contributed by atoms with Crippen molar-refractivity contribution in [1.29, 1.82) is 0 Å². The van der Waals surface area contributed by atoms with Crippen LogP contribution in [0, 0.1) is 0 Å². The number of rotatable bonds is 4. The number of amides is 1. The van der Waals surface area contributed by atoms with Crippen LogP contribution in [0.1, 0.15) is 11.1 Å². The van der Waals surface area contributed by atoms with Gasteiger partial charge in [0.25, 0.3) is 5.91 Å². The molecule has 1 saturated heterocycles. The van der Waals surface area contributed by atoms with Crippen LogP contribution < -0.4 is 10.1 Å². The van der Waals surface area contributed by atoms with Crippen molar-refractivity contribution in [2.75, 3.05) is 0 Å². The monoisotopic (exact) mass is 343 g/mol. The molecule has 0 radical (unpaired) electrons. The second kappa shape index (κ2) is 6.85. The molecule has 6 heteroatoms. The average molecular weight is 343 g/mol. The Morgan fingerprint density at radius 3 is 2.65 bits per heavy atom. The molecule has 0 saturated carbocycles. The molecule has 0 spiro atoms. The highest BCUT2D eigenvalue weighted by molar-refractivity contribution is 8.26. The number of benzene rings is 2. The summed E-state index contributed by atoms with van der Waals surface area (Å²) >= 11 is 6.21. The van der Waals surface area contributed by atoms with Crippen molar-refractivity contribution < 1.29 is 14.6 Å². The van der Waals surface area contributed by atoms with E-state index in [1.165, 1.54) is 11.8 Å². The molecular formula is C17H13NO3S2. The number of carbonyl (C=O) groups excluding carboxylic acids is 1. The van der Waals surface area contributed by atoms with E-state index in [4.69, 9.17) is 17.0 Å². The zero-order valence-corrected chi connectivity index (χ0v) is 13.6. The summed E-state index contributed by atoms with van der Waals surface area (Å²) < 4.78 is 6.15. The minimum atomic E-state index is -0.163. The van der Waals surface area contributed by atoms with Gasteiger partial charge in [0.05, 0.1) is 4.91 Å². The number of hydrogen-bond donors (Lipinski definition) is 2. The van der Waals surface area contributed by atoms with E-state index in [2.05, 4.69) is 5.32 Å². The molecule has 23 heavy (non-hydrogen) atoms. The summed E-state index contributed by atoms with van der Waals surface area (Å²) in [5.74, 6) is 0.775. The van der Waals surface area contributed by atoms with Gasteiger partial charge in [-0.25, -0.2) is 0 Å². The molecule has 4 nitrogen and oxygen atoms in total. The first kappa shape index (κ1) is 15.6. The van der Waals surface area contributed by atoms with Crippen LogP contribution in [0.25, 0.3) is 6.08 Å². The molecule has 2 N–H and O–H groups in total. The number of aromatic hydroxyl groups is 1. The summed E-state index contributed by atoms with van der Waals surface area (Å²) in [7, 11) is 0. The SMILES string of the molecule is O=C1NC(=S)SC1=Cc1ccc(OCc2cccc(O)c2)cc1. The molecule has 0 aliphatic carbocycles. The smallest absolute Gasteiger partial charge is 0.263 e. The Balaban J connectivity index is 1.64. The van der Waals surface area contributed by atoms with Gasteiger partial charge in [-0.2, -0.15) is 0 Å². The van der Waals surface area contributed by atoms with Crippen molar-refractivity contribution in [2.45, 2.75) is 6.61 Å². The van der Waals surface area contributed by atoms with Gasteiger partial charge >= 0.3 is 0 Å². The van der Waals surface area contributed by atoms with Crippen LogP contribution in [-0.4, -0.2) is 15.3 Å². The Kier molecular flexibility index (Phi) is 4.64. The van der Waals surface area contributed by atoms with E-state index in [1.807, 2.05) is 30.3 Å². The quantitative estimate of drug-likeness (QED) is 0.658. The number of thioether (sulfide) groups is 1. The third-order valence-electron chi connectivity index (χ3n) is 3.14. The van der Waals surface area contributed by atoms with Crippen LogP contribution in [0.15, 0.2) is 53.4 Å². The zero-order valence-electron chi connectivity index (χ0n) is 12.0. The largest absolute Gasteiger partial charge is 0.508 e. The summed E-state index contributed by atoms with van der Waals surface area (Å²) in [5, 5.41) is 12.0. The lowest BCUT2D eigenvalue weighted by Gasteiger charge is -2.07. The Morgan fingerprint density at radius 2 is 2.00 bits per heavy atom. The molecule has 1 amide bonds. The van der Waals surface area contributed by atoms with E-state index in [0.29, 0.717) is 15.8 Å². The molecule has 0 bridgehead atoms.